The molecule has 1 saturated carbocycles. The molecule has 1 aliphatic carbocycles. The zero-order valence-corrected chi connectivity index (χ0v) is 9.31. The molecule has 78 valence electrons. The second-order valence-electron chi connectivity index (χ2n) is 4.51. The van der Waals surface area contributed by atoms with E-state index in [1.807, 2.05) is 0 Å². The van der Waals surface area contributed by atoms with Crippen LogP contribution in [0.4, 0.5) is 0 Å². The highest BCUT2D eigenvalue weighted by molar-refractivity contribution is 4.73. The first-order valence-corrected chi connectivity index (χ1v) is 6.07. The van der Waals surface area contributed by atoms with Crippen molar-refractivity contribution in [1.29, 1.82) is 0 Å². The Kier molecular flexibility index (Phi) is 5.45. The van der Waals surface area contributed by atoms with Crippen LogP contribution in [0.2, 0.25) is 0 Å². The van der Waals surface area contributed by atoms with Crippen molar-refractivity contribution in [2.24, 2.45) is 11.8 Å². The third-order valence-electron chi connectivity index (χ3n) is 3.33. The van der Waals surface area contributed by atoms with Gasteiger partial charge in [0.2, 0.25) is 0 Å². The maximum Gasteiger partial charge on any atom is -0.00204 e. The van der Waals surface area contributed by atoms with Crippen LogP contribution in [0.3, 0.4) is 0 Å². The van der Waals surface area contributed by atoms with Gasteiger partial charge in [0, 0.05) is 0 Å². The molecule has 0 saturated heterocycles. The van der Waals surface area contributed by atoms with Gasteiger partial charge in [0.25, 0.3) is 0 Å². The first-order chi connectivity index (χ1) is 6.36. The molecular formula is C12H25N. The van der Waals surface area contributed by atoms with E-state index in [1.54, 1.807) is 0 Å². The molecule has 1 heteroatoms. The van der Waals surface area contributed by atoms with E-state index in [4.69, 9.17) is 0 Å². The first-order valence-electron chi connectivity index (χ1n) is 6.07. The summed E-state index contributed by atoms with van der Waals surface area (Å²) in [5, 5.41) is 3.55. The molecule has 0 aromatic carbocycles. The Hall–Kier alpha value is -0.0400. The summed E-state index contributed by atoms with van der Waals surface area (Å²) >= 11 is 0. The van der Waals surface area contributed by atoms with E-state index in [0.717, 1.165) is 11.8 Å². The average molecular weight is 183 g/mol. The van der Waals surface area contributed by atoms with E-state index in [-0.39, 0.29) is 0 Å². The lowest BCUT2D eigenvalue weighted by atomic mass is 9.80. The summed E-state index contributed by atoms with van der Waals surface area (Å²) in [4.78, 5) is 0. The SMILES string of the molecule is CCCNC[C@@H]1CCC[C@H](CC)C1. The topological polar surface area (TPSA) is 12.0 Å². The Labute approximate surface area is 83.3 Å². The summed E-state index contributed by atoms with van der Waals surface area (Å²) < 4.78 is 0. The molecule has 0 amide bonds. The van der Waals surface area contributed by atoms with Gasteiger partial charge >= 0.3 is 0 Å². The molecule has 1 N–H and O–H groups in total. The normalized spacial score (nSPS) is 29.1. The maximum atomic E-state index is 3.55. The predicted octanol–water partition coefficient (Wildman–Crippen LogP) is 3.20. The van der Waals surface area contributed by atoms with Gasteiger partial charge in [0.1, 0.15) is 0 Å². The smallest absolute Gasteiger partial charge is 0.00204 e. The summed E-state index contributed by atoms with van der Waals surface area (Å²) in [5.74, 6) is 2.01. The van der Waals surface area contributed by atoms with Crippen molar-refractivity contribution in [1.82, 2.24) is 5.32 Å². The van der Waals surface area contributed by atoms with Crippen LogP contribution in [-0.2, 0) is 0 Å². The van der Waals surface area contributed by atoms with Gasteiger partial charge in [-0.25, -0.2) is 0 Å². The van der Waals surface area contributed by atoms with Crippen LogP contribution in [-0.4, -0.2) is 13.1 Å². The average Bonchev–Trinajstić information content (AvgIpc) is 2.19. The molecule has 2 atom stereocenters. The van der Waals surface area contributed by atoms with Crippen LogP contribution in [0.5, 0.6) is 0 Å². The van der Waals surface area contributed by atoms with Crippen molar-refractivity contribution in [3.05, 3.63) is 0 Å². The van der Waals surface area contributed by atoms with Crippen LogP contribution in [0.15, 0.2) is 0 Å². The van der Waals surface area contributed by atoms with Gasteiger partial charge in [-0.1, -0.05) is 33.1 Å². The van der Waals surface area contributed by atoms with Crippen LogP contribution < -0.4 is 5.32 Å². The molecule has 0 radical (unpaired) electrons. The minimum absolute atomic E-state index is 0.977. The Morgan fingerprint density at radius 2 is 1.92 bits per heavy atom. The first kappa shape index (κ1) is 11.0. The second kappa shape index (κ2) is 6.42. The second-order valence-corrected chi connectivity index (χ2v) is 4.51. The van der Waals surface area contributed by atoms with Gasteiger partial charge in [0.15, 0.2) is 0 Å². The summed E-state index contributed by atoms with van der Waals surface area (Å²) in [6, 6.07) is 0. The van der Waals surface area contributed by atoms with Crippen molar-refractivity contribution >= 4 is 0 Å². The van der Waals surface area contributed by atoms with Crippen molar-refractivity contribution < 1.29 is 0 Å². The van der Waals surface area contributed by atoms with E-state index in [9.17, 15) is 0 Å². The zero-order chi connectivity index (χ0) is 9.52. The van der Waals surface area contributed by atoms with Crippen molar-refractivity contribution in [2.75, 3.05) is 13.1 Å². The van der Waals surface area contributed by atoms with Gasteiger partial charge in [0.05, 0.1) is 0 Å². The van der Waals surface area contributed by atoms with E-state index in [0.29, 0.717) is 0 Å². The molecule has 1 rings (SSSR count). The standard InChI is InChI=1S/C12H25N/c1-3-8-13-10-12-7-5-6-11(4-2)9-12/h11-13H,3-10H2,1-2H3/t11-,12+/m0/s1. The molecule has 0 bridgehead atoms. The highest BCUT2D eigenvalue weighted by Gasteiger charge is 2.19. The van der Waals surface area contributed by atoms with Crippen LogP contribution in [0.1, 0.15) is 52.4 Å². The van der Waals surface area contributed by atoms with Gasteiger partial charge in [-0.05, 0) is 44.2 Å². The molecule has 0 unspecified atom stereocenters. The highest BCUT2D eigenvalue weighted by atomic mass is 14.8. The molecule has 1 aliphatic rings. The van der Waals surface area contributed by atoms with Crippen LogP contribution >= 0.6 is 0 Å². The zero-order valence-electron chi connectivity index (χ0n) is 9.31. The lowest BCUT2D eigenvalue weighted by Gasteiger charge is -2.28. The molecule has 0 aromatic heterocycles. The van der Waals surface area contributed by atoms with Crippen LogP contribution in [0, 0.1) is 11.8 Å². The molecule has 1 fully saturated rings. The predicted molar refractivity (Wildman–Crippen MR) is 58.9 cm³/mol. The summed E-state index contributed by atoms with van der Waals surface area (Å²) in [6.45, 7) is 7.05. The Morgan fingerprint density at radius 1 is 1.15 bits per heavy atom. The lowest BCUT2D eigenvalue weighted by Crippen LogP contribution is -2.27. The fraction of sp³-hybridized carbons (Fsp3) is 1.00. The quantitative estimate of drug-likeness (QED) is 0.645. The van der Waals surface area contributed by atoms with E-state index < -0.39 is 0 Å². The largest absolute Gasteiger partial charge is 0.316 e. The Morgan fingerprint density at radius 3 is 2.62 bits per heavy atom. The summed E-state index contributed by atoms with van der Waals surface area (Å²) in [7, 11) is 0. The number of hydrogen-bond acceptors (Lipinski definition) is 1. The minimum atomic E-state index is 0.977. The Bertz CT molecular complexity index is 122. The van der Waals surface area contributed by atoms with E-state index in [1.165, 1.54) is 51.6 Å². The maximum absolute atomic E-state index is 3.55. The van der Waals surface area contributed by atoms with Crippen LogP contribution in [0.25, 0.3) is 0 Å². The minimum Gasteiger partial charge on any atom is -0.316 e. The summed E-state index contributed by atoms with van der Waals surface area (Å²) in [6.07, 6.45) is 8.56. The highest BCUT2D eigenvalue weighted by Crippen LogP contribution is 2.30. The van der Waals surface area contributed by atoms with Crippen molar-refractivity contribution in [3.63, 3.8) is 0 Å². The van der Waals surface area contributed by atoms with Crippen molar-refractivity contribution in [3.8, 4) is 0 Å². The molecule has 0 heterocycles. The van der Waals surface area contributed by atoms with E-state index in [2.05, 4.69) is 19.2 Å². The van der Waals surface area contributed by atoms with Crippen molar-refractivity contribution in [2.45, 2.75) is 52.4 Å². The van der Waals surface area contributed by atoms with Gasteiger partial charge in [-0.3, -0.25) is 0 Å². The molecule has 13 heavy (non-hydrogen) atoms. The summed E-state index contributed by atoms with van der Waals surface area (Å²) in [5.41, 5.74) is 0. The lowest BCUT2D eigenvalue weighted by molar-refractivity contribution is 0.254. The van der Waals surface area contributed by atoms with Gasteiger partial charge in [-0.15, -0.1) is 0 Å². The van der Waals surface area contributed by atoms with Gasteiger partial charge in [-0.2, -0.15) is 0 Å². The molecular weight excluding hydrogens is 158 g/mol. The molecule has 0 aliphatic heterocycles. The Balaban J connectivity index is 2.11. The van der Waals surface area contributed by atoms with E-state index >= 15 is 0 Å². The third kappa shape index (κ3) is 4.12. The monoisotopic (exact) mass is 183 g/mol. The molecule has 0 aromatic rings. The third-order valence-corrected chi connectivity index (χ3v) is 3.33. The number of rotatable bonds is 5. The number of hydrogen-bond donors (Lipinski definition) is 1. The molecule has 1 nitrogen and oxygen atoms in total. The fourth-order valence-corrected chi connectivity index (χ4v) is 2.44. The number of nitrogens with one attached hydrogen (secondary N) is 1. The van der Waals surface area contributed by atoms with Gasteiger partial charge < -0.3 is 5.32 Å². The molecule has 0 spiro atoms. The fourth-order valence-electron chi connectivity index (χ4n) is 2.44.